The molecular weight excluding hydrogens is 724 g/mol. The minimum Gasteiger partial charge on any atom is -0.480 e. The number of aliphatic hydroxyl groups excluding tert-OH is 2. The number of aliphatic carboxylic acids is 2. The van der Waals surface area contributed by atoms with Crippen LogP contribution in [-0.2, 0) is 57.8 Å². The molecule has 4 saturated carbocycles. The van der Waals surface area contributed by atoms with E-state index in [2.05, 4.69) is 10.8 Å². The van der Waals surface area contributed by atoms with Gasteiger partial charge in [0, 0.05) is 18.3 Å². The van der Waals surface area contributed by atoms with E-state index in [1.807, 2.05) is 0 Å². The average Bonchev–Trinajstić information content (AvgIpc) is 3.16. The van der Waals surface area contributed by atoms with Crippen LogP contribution in [0.15, 0.2) is 12.2 Å². The smallest absolute Gasteiger partial charge is 0.397 e. The molecule has 0 aromatic carbocycles. The number of aliphatic hydroxyl groups is 2. The van der Waals surface area contributed by atoms with Crippen molar-refractivity contribution >= 4 is 38.7 Å². The summed E-state index contributed by atoms with van der Waals surface area (Å²) in [5, 5.41) is 42.9. The molecule has 20 heteroatoms. The number of hydrogen-bond acceptors (Lipinski definition) is 14. The van der Waals surface area contributed by atoms with Gasteiger partial charge in [-0.05, 0) is 73.2 Å². The van der Waals surface area contributed by atoms with Gasteiger partial charge in [-0.2, -0.15) is 16.8 Å². The number of fused-ring (bicyclic) bond motifs is 3. The van der Waals surface area contributed by atoms with E-state index in [0.717, 1.165) is 0 Å². The highest BCUT2D eigenvalue weighted by atomic mass is 32.3. The third-order valence-corrected chi connectivity index (χ3v) is 12.9. The van der Waals surface area contributed by atoms with E-state index in [1.165, 1.54) is 0 Å². The third kappa shape index (κ3) is 7.20. The molecule has 5 rings (SSSR count). The highest BCUT2D eigenvalue weighted by Crippen LogP contribution is 2.72. The zero-order valence-corrected chi connectivity index (χ0v) is 30.0. The monoisotopic (exact) mass is 770 g/mol. The highest BCUT2D eigenvalue weighted by Gasteiger charge is 2.72. The van der Waals surface area contributed by atoms with Crippen LogP contribution in [0, 0.1) is 39.9 Å². The van der Waals surface area contributed by atoms with E-state index in [4.69, 9.17) is 18.4 Å². The Bertz CT molecular complexity index is 1610. The number of esters is 1. The van der Waals surface area contributed by atoms with Gasteiger partial charge < -0.3 is 34.6 Å². The van der Waals surface area contributed by atoms with E-state index >= 15 is 0 Å². The van der Waals surface area contributed by atoms with Crippen molar-refractivity contribution in [3.8, 4) is 0 Å². The van der Waals surface area contributed by atoms with Gasteiger partial charge in [-0.1, -0.05) is 27.4 Å². The van der Waals surface area contributed by atoms with Gasteiger partial charge in [0.1, 0.15) is 12.2 Å². The Balaban J connectivity index is 1.59. The first kappa shape index (κ1) is 39.9. The van der Waals surface area contributed by atoms with Gasteiger partial charge in [-0.3, -0.25) is 23.5 Å². The second kappa shape index (κ2) is 13.9. The molecule has 18 nitrogen and oxygen atoms in total. The highest BCUT2D eigenvalue weighted by molar-refractivity contribution is 7.81. The summed E-state index contributed by atoms with van der Waals surface area (Å²) >= 11 is 0. The van der Waals surface area contributed by atoms with Gasteiger partial charge in [0.25, 0.3) is 0 Å². The summed E-state index contributed by atoms with van der Waals surface area (Å²) in [5.41, 5.74) is -3.52. The summed E-state index contributed by atoms with van der Waals surface area (Å²) in [7, 11) is -11.0. The number of carboxylic acids is 2. The number of carboxylic acid groups (broad SMARTS) is 2. The van der Waals surface area contributed by atoms with Crippen molar-refractivity contribution in [3.05, 3.63) is 12.2 Å². The minimum absolute atomic E-state index is 0.00133. The fraction of sp³-hybridized carbons (Fsp3) is 0.839. The Morgan fingerprint density at radius 2 is 1.53 bits per heavy atom. The molecule has 1 spiro atoms. The van der Waals surface area contributed by atoms with Crippen LogP contribution < -0.4 is 0 Å². The van der Waals surface area contributed by atoms with Gasteiger partial charge in [0.15, 0.2) is 23.9 Å². The molecule has 1 heterocycles. The van der Waals surface area contributed by atoms with E-state index in [0.29, 0.717) is 31.3 Å². The summed E-state index contributed by atoms with van der Waals surface area (Å²) in [6.45, 7) is 8.03. The predicted octanol–water partition coefficient (Wildman–Crippen LogP) is 1.12. The second-order valence-corrected chi connectivity index (χ2v) is 17.4. The summed E-state index contributed by atoms with van der Waals surface area (Å²) in [6, 6.07) is 0. The lowest BCUT2D eigenvalue weighted by Crippen LogP contribution is -2.67. The van der Waals surface area contributed by atoms with Crippen LogP contribution in [0.25, 0.3) is 0 Å². The largest absolute Gasteiger partial charge is 0.480 e. The molecule has 2 bridgehead atoms. The molecule has 0 radical (unpaired) electrons. The van der Waals surface area contributed by atoms with Crippen LogP contribution in [0.2, 0.25) is 0 Å². The van der Waals surface area contributed by atoms with Crippen LogP contribution in [-0.4, -0.2) is 114 Å². The minimum atomic E-state index is -5.51. The summed E-state index contributed by atoms with van der Waals surface area (Å²) in [4.78, 5) is 39.3. The van der Waals surface area contributed by atoms with Crippen molar-refractivity contribution < 1.29 is 83.3 Å². The summed E-state index contributed by atoms with van der Waals surface area (Å²) < 4.78 is 93.4. The summed E-state index contributed by atoms with van der Waals surface area (Å²) in [5.74, 6) is -5.84. The normalized spacial score (nSPS) is 40.7. The number of ether oxygens (including phenoxy) is 3. The number of hydrogen-bond donors (Lipinski definition) is 6. The Morgan fingerprint density at radius 3 is 2.08 bits per heavy atom. The van der Waals surface area contributed by atoms with Crippen LogP contribution in [0.5, 0.6) is 0 Å². The topological polar surface area (TPSA) is 287 Å². The Kier molecular flexibility index (Phi) is 10.8. The quantitative estimate of drug-likeness (QED) is 0.0533. The van der Waals surface area contributed by atoms with Crippen molar-refractivity contribution in [1.29, 1.82) is 0 Å². The van der Waals surface area contributed by atoms with Crippen LogP contribution >= 0.6 is 0 Å². The first-order valence-corrected chi connectivity index (χ1v) is 19.5. The molecule has 4 aliphatic carbocycles. The number of carbonyl (C=O) groups is 3. The van der Waals surface area contributed by atoms with Gasteiger partial charge in [-0.25, -0.2) is 8.37 Å². The third-order valence-electron chi connectivity index (χ3n) is 12.0. The van der Waals surface area contributed by atoms with Crippen molar-refractivity contribution in [1.82, 2.24) is 0 Å². The standard InChI is InChI=1S/C31H46O18S2/c1-14(2)9-21(33)47-24-23(49-51(42,43)44)22(48-50(39,40)41)18(13-32)46-26(24)45-17-11-29(4)19-6-5-16-10-30(19,25(34)15(16)3)8-7-20(29)31(12-17,27(35)36)28(37)38/h14,16-20,22-26,32,34H,3,5-13H2,1-2,4H3,(H,35,36)(H,37,38)(H,39,40,41)(H,42,43,44)/t16-,17-,18+,19-,20-,22+,23-,24+,25-,26+,29-,30-/m0/s1. The average molecular weight is 771 g/mol. The van der Waals surface area contributed by atoms with Gasteiger partial charge in [0.05, 0.1) is 18.8 Å². The van der Waals surface area contributed by atoms with E-state index in [1.54, 1.807) is 20.8 Å². The molecule has 290 valence electrons. The van der Waals surface area contributed by atoms with Crippen molar-refractivity contribution in [2.24, 2.45) is 39.9 Å². The fourth-order valence-corrected chi connectivity index (χ4v) is 11.3. The SMILES string of the molecule is C=C1[C@H]2CC[C@H]3[C@]4(C)C[C@H](O[C@@H]5O[C@H](CO)[C@@H](OS(=O)(=O)O)[C@H](OS(=O)(=O)O)[C@H]5OC(=O)CC(C)C)CC(C(=O)O)(C(=O)O)[C@H]4CC[C@@]3(C2)[C@H]1O. The lowest BCUT2D eigenvalue weighted by Gasteiger charge is -2.64. The van der Waals surface area contributed by atoms with Crippen LogP contribution in [0.4, 0.5) is 0 Å². The van der Waals surface area contributed by atoms with Gasteiger partial charge in [0.2, 0.25) is 0 Å². The maximum absolute atomic E-state index is 13.1. The molecule has 5 fully saturated rings. The first-order chi connectivity index (χ1) is 23.5. The zero-order valence-electron chi connectivity index (χ0n) is 28.3. The van der Waals surface area contributed by atoms with Gasteiger partial charge in [-0.15, -0.1) is 0 Å². The second-order valence-electron chi connectivity index (χ2n) is 15.3. The molecule has 51 heavy (non-hydrogen) atoms. The van der Waals surface area contributed by atoms with Crippen molar-refractivity contribution in [2.45, 2.75) is 115 Å². The molecule has 5 aliphatic rings. The van der Waals surface area contributed by atoms with Crippen LogP contribution in [0.3, 0.4) is 0 Å². The van der Waals surface area contributed by atoms with Crippen LogP contribution in [0.1, 0.15) is 72.1 Å². The molecule has 6 N–H and O–H groups in total. The first-order valence-electron chi connectivity index (χ1n) is 16.7. The molecule has 1 aliphatic heterocycles. The molecule has 0 unspecified atom stereocenters. The Hall–Kier alpha value is -2.27. The fourth-order valence-electron chi connectivity index (χ4n) is 10.3. The van der Waals surface area contributed by atoms with Gasteiger partial charge >= 0.3 is 38.7 Å². The predicted molar refractivity (Wildman–Crippen MR) is 169 cm³/mol. The zero-order chi connectivity index (χ0) is 38.1. The summed E-state index contributed by atoms with van der Waals surface area (Å²) in [6.07, 6.45) is -11.5. The molecular formula is C31H46O18S2. The van der Waals surface area contributed by atoms with E-state index in [9.17, 15) is 60.8 Å². The molecule has 0 aromatic heterocycles. The lowest BCUT2D eigenvalue weighted by molar-refractivity contribution is -0.318. The molecule has 1 saturated heterocycles. The molecule has 0 amide bonds. The van der Waals surface area contributed by atoms with E-state index in [-0.39, 0.29) is 37.0 Å². The molecule has 12 atom stereocenters. The van der Waals surface area contributed by atoms with E-state index < -0.39 is 117 Å². The number of rotatable bonds is 12. The van der Waals surface area contributed by atoms with Crippen molar-refractivity contribution in [3.63, 3.8) is 0 Å². The van der Waals surface area contributed by atoms with Crippen molar-refractivity contribution in [2.75, 3.05) is 6.61 Å². The Labute approximate surface area is 295 Å². The Morgan fingerprint density at radius 1 is 0.922 bits per heavy atom. The maximum atomic E-state index is 13.1. The molecule has 0 aromatic rings. The maximum Gasteiger partial charge on any atom is 0.397 e. The number of carbonyl (C=O) groups excluding carboxylic acids is 1. The lowest BCUT2D eigenvalue weighted by atomic mass is 9.40.